The molecule has 2 aromatic heterocycles. The molecule has 3 rings (SSSR count). The van der Waals surface area contributed by atoms with E-state index in [2.05, 4.69) is 35.6 Å². The number of carbonyl (C=O) groups excluding carboxylic acids is 2. The van der Waals surface area contributed by atoms with Gasteiger partial charge >= 0.3 is 0 Å². The fourth-order valence-electron chi connectivity index (χ4n) is 3.53. The van der Waals surface area contributed by atoms with E-state index in [0.29, 0.717) is 31.2 Å². The Bertz CT molecular complexity index is 1090. The monoisotopic (exact) mass is 466 g/mol. The van der Waals surface area contributed by atoms with Crippen molar-refractivity contribution in [1.82, 2.24) is 19.8 Å². The average Bonchev–Trinajstić information content (AvgIpc) is 3.43. The highest BCUT2D eigenvalue weighted by atomic mass is 32.1. The summed E-state index contributed by atoms with van der Waals surface area (Å²) in [5, 5.41) is 5.68. The summed E-state index contributed by atoms with van der Waals surface area (Å²) in [6, 6.07) is 11.8. The van der Waals surface area contributed by atoms with Crippen molar-refractivity contribution < 1.29 is 9.59 Å². The second-order valence-corrected chi connectivity index (χ2v) is 9.74. The van der Waals surface area contributed by atoms with Gasteiger partial charge in [0.15, 0.2) is 0 Å². The van der Waals surface area contributed by atoms with Gasteiger partial charge in [-0.3, -0.25) is 9.59 Å². The Morgan fingerprint density at radius 2 is 1.91 bits per heavy atom. The molecule has 3 aromatic rings. The minimum absolute atomic E-state index is 0.0511. The van der Waals surface area contributed by atoms with Crippen LogP contribution in [0.4, 0.5) is 0 Å². The second-order valence-electron chi connectivity index (χ2n) is 8.80. The van der Waals surface area contributed by atoms with E-state index in [4.69, 9.17) is 0 Å². The van der Waals surface area contributed by atoms with E-state index in [9.17, 15) is 9.59 Å². The zero-order valence-electron chi connectivity index (χ0n) is 20.2. The van der Waals surface area contributed by atoms with Crippen LogP contribution >= 0.6 is 11.3 Å². The van der Waals surface area contributed by atoms with Crippen molar-refractivity contribution in [2.24, 2.45) is 5.92 Å². The topological polar surface area (TPSA) is 67.2 Å². The van der Waals surface area contributed by atoms with Crippen LogP contribution in [0.1, 0.15) is 71.2 Å². The van der Waals surface area contributed by atoms with Crippen LogP contribution < -0.4 is 5.32 Å². The van der Waals surface area contributed by atoms with Crippen LogP contribution in [0.5, 0.6) is 0 Å². The molecule has 1 atom stereocenters. The molecule has 0 saturated heterocycles. The van der Waals surface area contributed by atoms with E-state index in [0.717, 1.165) is 28.2 Å². The molecule has 0 spiro atoms. The molecule has 6 nitrogen and oxygen atoms in total. The van der Waals surface area contributed by atoms with E-state index >= 15 is 0 Å². The number of benzene rings is 1. The smallest absolute Gasteiger partial charge is 0.270 e. The highest BCUT2D eigenvalue weighted by molar-refractivity contribution is 7.09. The number of amides is 2. The lowest BCUT2D eigenvalue weighted by atomic mass is 10.1. The van der Waals surface area contributed by atoms with Crippen molar-refractivity contribution in [3.63, 3.8) is 0 Å². The van der Waals surface area contributed by atoms with Gasteiger partial charge in [0.2, 0.25) is 0 Å². The molecule has 1 aromatic carbocycles. The number of nitrogens with zero attached hydrogens (tertiary/aromatic N) is 3. The van der Waals surface area contributed by atoms with Crippen LogP contribution in [0, 0.1) is 12.8 Å². The van der Waals surface area contributed by atoms with Gasteiger partial charge in [0.25, 0.3) is 11.8 Å². The van der Waals surface area contributed by atoms with Gasteiger partial charge in [0.1, 0.15) is 10.7 Å². The number of carbonyl (C=O) groups is 2. The number of hydrogen-bond donors (Lipinski definition) is 1. The van der Waals surface area contributed by atoms with Crippen LogP contribution in [0.25, 0.3) is 0 Å². The minimum Gasteiger partial charge on any atom is -0.348 e. The van der Waals surface area contributed by atoms with E-state index in [1.807, 2.05) is 66.7 Å². The molecule has 0 saturated carbocycles. The molecule has 0 aliphatic rings. The zero-order valence-corrected chi connectivity index (χ0v) is 21.0. The van der Waals surface area contributed by atoms with Crippen molar-refractivity contribution >= 4 is 23.2 Å². The van der Waals surface area contributed by atoms with Crippen molar-refractivity contribution in [2.75, 3.05) is 6.54 Å². The van der Waals surface area contributed by atoms with E-state index in [1.54, 1.807) is 0 Å². The fourth-order valence-corrected chi connectivity index (χ4v) is 4.30. The molecule has 1 unspecified atom stereocenters. The molecule has 0 aliphatic carbocycles. The van der Waals surface area contributed by atoms with E-state index in [-0.39, 0.29) is 17.9 Å². The van der Waals surface area contributed by atoms with Gasteiger partial charge in [-0.1, -0.05) is 39.0 Å². The first kappa shape index (κ1) is 24.7. The Kier molecular flexibility index (Phi) is 8.44. The van der Waals surface area contributed by atoms with E-state index in [1.165, 1.54) is 11.3 Å². The lowest BCUT2D eigenvalue weighted by Gasteiger charge is -2.24. The fraction of sp³-hybridized carbons (Fsp3) is 0.423. The number of nitrogens with one attached hydrogen (secondary N) is 1. The molecule has 0 radical (unpaired) electrons. The summed E-state index contributed by atoms with van der Waals surface area (Å²) in [5.74, 6) is 0.280. The van der Waals surface area contributed by atoms with Gasteiger partial charge < -0.3 is 14.8 Å². The second kappa shape index (κ2) is 11.3. The Balaban J connectivity index is 1.72. The maximum absolute atomic E-state index is 13.2. The van der Waals surface area contributed by atoms with Crippen molar-refractivity contribution in [3.8, 4) is 0 Å². The molecule has 1 N–H and O–H groups in total. The highest BCUT2D eigenvalue weighted by Gasteiger charge is 2.19. The lowest BCUT2D eigenvalue weighted by molar-refractivity contribution is 0.0738. The van der Waals surface area contributed by atoms with Crippen molar-refractivity contribution in [3.05, 3.63) is 75.5 Å². The number of aryl methyl sites for hydroxylation is 1. The summed E-state index contributed by atoms with van der Waals surface area (Å²) in [4.78, 5) is 32.2. The van der Waals surface area contributed by atoms with Crippen LogP contribution in [0.15, 0.2) is 48.0 Å². The predicted octanol–water partition coefficient (Wildman–Crippen LogP) is 5.13. The summed E-state index contributed by atoms with van der Waals surface area (Å²) in [5.41, 5.74) is 3.23. The third kappa shape index (κ3) is 6.32. The molecule has 0 bridgehead atoms. The third-order valence-corrected chi connectivity index (χ3v) is 6.71. The molecule has 2 heterocycles. The molecule has 0 aliphatic heterocycles. The van der Waals surface area contributed by atoms with Crippen LogP contribution in [0.3, 0.4) is 0 Å². The largest absolute Gasteiger partial charge is 0.348 e. The summed E-state index contributed by atoms with van der Waals surface area (Å²) in [6.45, 7) is 12.0. The third-order valence-electron chi connectivity index (χ3n) is 5.88. The first-order valence-electron chi connectivity index (χ1n) is 11.5. The van der Waals surface area contributed by atoms with Crippen molar-refractivity contribution in [1.29, 1.82) is 0 Å². The number of aromatic nitrogens is 2. The molecule has 33 heavy (non-hydrogen) atoms. The zero-order chi connectivity index (χ0) is 24.0. The normalized spacial score (nSPS) is 12.1. The minimum atomic E-state index is -0.135. The van der Waals surface area contributed by atoms with Gasteiger partial charge in [-0.2, -0.15) is 0 Å². The molecule has 176 valence electrons. The summed E-state index contributed by atoms with van der Waals surface area (Å²) < 4.78 is 2.10. The number of thiazole rings is 1. The van der Waals surface area contributed by atoms with Crippen molar-refractivity contribution in [2.45, 2.75) is 60.2 Å². The van der Waals surface area contributed by atoms with Gasteiger partial charge in [-0.25, -0.2) is 4.98 Å². The van der Waals surface area contributed by atoms with Crippen LogP contribution in [-0.2, 0) is 13.1 Å². The summed E-state index contributed by atoms with van der Waals surface area (Å²) in [7, 11) is 0. The van der Waals surface area contributed by atoms with Gasteiger partial charge in [-0.05, 0) is 49.9 Å². The standard InChI is InChI=1S/C26H34N4O2S/c1-6-13-30(26(32)22-12-8-7-10-19(22)4)15-21-11-9-14-29(21)16-24-28-23(17-33-24)25(31)27-20(5)18(2)3/h7-12,14,17-18,20H,6,13,15-16H2,1-5H3,(H,27,31). The Labute approximate surface area is 200 Å². The number of hydrogen-bond acceptors (Lipinski definition) is 4. The Hall–Kier alpha value is -2.93. The number of rotatable bonds is 10. The van der Waals surface area contributed by atoms with Gasteiger partial charge in [0.05, 0.1) is 13.1 Å². The van der Waals surface area contributed by atoms with E-state index < -0.39 is 0 Å². The first-order chi connectivity index (χ1) is 15.8. The van der Waals surface area contributed by atoms with Gasteiger partial charge in [0, 0.05) is 35.4 Å². The first-order valence-corrected chi connectivity index (χ1v) is 12.4. The molecular weight excluding hydrogens is 432 g/mol. The maximum Gasteiger partial charge on any atom is 0.270 e. The molecule has 0 fully saturated rings. The highest BCUT2D eigenvalue weighted by Crippen LogP contribution is 2.18. The lowest BCUT2D eigenvalue weighted by Crippen LogP contribution is -2.36. The Morgan fingerprint density at radius 3 is 2.61 bits per heavy atom. The van der Waals surface area contributed by atoms with Crippen LogP contribution in [0.2, 0.25) is 0 Å². The molecular formula is C26H34N4O2S. The molecule has 7 heteroatoms. The summed E-state index contributed by atoms with van der Waals surface area (Å²) >= 11 is 1.48. The average molecular weight is 467 g/mol. The van der Waals surface area contributed by atoms with Gasteiger partial charge in [-0.15, -0.1) is 11.3 Å². The maximum atomic E-state index is 13.2. The Morgan fingerprint density at radius 1 is 1.15 bits per heavy atom. The summed E-state index contributed by atoms with van der Waals surface area (Å²) in [6.07, 6.45) is 2.89. The van der Waals surface area contributed by atoms with Crippen LogP contribution in [-0.4, -0.2) is 38.9 Å². The predicted molar refractivity (Wildman–Crippen MR) is 134 cm³/mol. The SMILES string of the molecule is CCCN(Cc1cccn1Cc1nc(C(=O)NC(C)C(C)C)cs1)C(=O)c1ccccc1C. The molecule has 2 amide bonds. The quantitative estimate of drug-likeness (QED) is 0.450.